The average Bonchev–Trinajstić information content (AvgIpc) is 3.35. The third-order valence-corrected chi connectivity index (χ3v) is 6.40. The van der Waals surface area contributed by atoms with Gasteiger partial charge in [0.2, 0.25) is 5.95 Å². The fourth-order valence-electron chi connectivity index (χ4n) is 4.41. The fraction of sp³-hybridized carbons (Fsp3) is 0.435. The summed E-state index contributed by atoms with van der Waals surface area (Å²) in [4.78, 5) is 20.9. The van der Waals surface area contributed by atoms with Crippen LogP contribution in [0.5, 0.6) is 0 Å². The molecule has 2 aliphatic heterocycles. The van der Waals surface area contributed by atoms with E-state index in [1.165, 1.54) is 12.8 Å². The summed E-state index contributed by atoms with van der Waals surface area (Å²) in [5.74, 6) is 1.93. The quantitative estimate of drug-likeness (QED) is 0.633. The van der Waals surface area contributed by atoms with Gasteiger partial charge in [0.15, 0.2) is 0 Å². The normalized spacial score (nSPS) is 17.5. The predicted molar refractivity (Wildman–Crippen MR) is 127 cm³/mol. The molecule has 1 N–H and O–H groups in total. The standard InChI is InChI=1S/C23H28ClN7/c24-18-3-4-19-20(5-7-25-21(19)17-18)26-9-12-29-13-15-30(16-14-29)22-6-8-27-23(28-22)31-10-1-2-11-31/h3-8,17H,1-2,9-16H2,(H,25,26). The van der Waals surface area contributed by atoms with Gasteiger partial charge in [-0.1, -0.05) is 11.6 Å². The van der Waals surface area contributed by atoms with Crippen LogP contribution < -0.4 is 15.1 Å². The van der Waals surface area contributed by atoms with E-state index in [4.69, 9.17) is 16.6 Å². The molecule has 2 fully saturated rings. The van der Waals surface area contributed by atoms with Gasteiger partial charge in [0.1, 0.15) is 5.82 Å². The van der Waals surface area contributed by atoms with Crippen LogP contribution in [-0.4, -0.2) is 72.2 Å². The third-order valence-electron chi connectivity index (χ3n) is 6.16. The highest BCUT2D eigenvalue weighted by molar-refractivity contribution is 6.31. The second kappa shape index (κ2) is 9.24. The van der Waals surface area contributed by atoms with E-state index in [2.05, 4.69) is 30.0 Å². The van der Waals surface area contributed by atoms with E-state index >= 15 is 0 Å². The Kier molecular flexibility index (Phi) is 6.04. The lowest BCUT2D eigenvalue weighted by Gasteiger charge is -2.35. The molecular formula is C23H28ClN7. The fourth-order valence-corrected chi connectivity index (χ4v) is 4.58. The van der Waals surface area contributed by atoms with Crippen molar-refractivity contribution in [2.45, 2.75) is 12.8 Å². The maximum atomic E-state index is 6.09. The van der Waals surface area contributed by atoms with E-state index in [1.54, 1.807) is 0 Å². The van der Waals surface area contributed by atoms with Gasteiger partial charge >= 0.3 is 0 Å². The molecule has 7 nitrogen and oxygen atoms in total. The highest BCUT2D eigenvalue weighted by Crippen LogP contribution is 2.24. The topological polar surface area (TPSA) is 60.4 Å². The number of fused-ring (bicyclic) bond motifs is 1. The van der Waals surface area contributed by atoms with Crippen molar-refractivity contribution >= 4 is 40.0 Å². The maximum absolute atomic E-state index is 6.09. The number of nitrogens with zero attached hydrogens (tertiary/aromatic N) is 6. The molecule has 4 heterocycles. The molecule has 0 radical (unpaired) electrons. The second-order valence-electron chi connectivity index (χ2n) is 8.18. The van der Waals surface area contributed by atoms with E-state index in [0.29, 0.717) is 5.02 Å². The lowest BCUT2D eigenvalue weighted by Crippen LogP contribution is -2.48. The van der Waals surface area contributed by atoms with Crippen molar-refractivity contribution in [2.75, 3.05) is 67.5 Å². The first kappa shape index (κ1) is 20.3. The van der Waals surface area contributed by atoms with Gasteiger partial charge in [-0.2, -0.15) is 4.98 Å². The van der Waals surface area contributed by atoms with Crippen molar-refractivity contribution in [1.82, 2.24) is 19.9 Å². The van der Waals surface area contributed by atoms with Gasteiger partial charge in [0, 0.05) is 80.8 Å². The summed E-state index contributed by atoms with van der Waals surface area (Å²) >= 11 is 6.09. The van der Waals surface area contributed by atoms with Crippen LogP contribution >= 0.6 is 11.6 Å². The second-order valence-corrected chi connectivity index (χ2v) is 8.62. The number of aromatic nitrogens is 3. The van der Waals surface area contributed by atoms with Crippen LogP contribution in [0.4, 0.5) is 17.5 Å². The zero-order valence-electron chi connectivity index (χ0n) is 17.7. The number of piperazine rings is 1. The Labute approximate surface area is 188 Å². The number of hydrogen-bond donors (Lipinski definition) is 1. The minimum atomic E-state index is 0.714. The Morgan fingerprint density at radius 1 is 0.871 bits per heavy atom. The van der Waals surface area contributed by atoms with Gasteiger partial charge in [0.25, 0.3) is 0 Å². The highest BCUT2D eigenvalue weighted by Gasteiger charge is 2.20. The van der Waals surface area contributed by atoms with E-state index in [-0.39, 0.29) is 0 Å². The summed E-state index contributed by atoms with van der Waals surface area (Å²) in [6.45, 7) is 8.12. The van der Waals surface area contributed by atoms with Gasteiger partial charge in [0.05, 0.1) is 5.52 Å². The lowest BCUT2D eigenvalue weighted by molar-refractivity contribution is 0.266. The molecule has 0 unspecified atom stereocenters. The van der Waals surface area contributed by atoms with Crippen LogP contribution in [0.1, 0.15) is 12.8 Å². The SMILES string of the molecule is Clc1ccc2c(NCCN3CCN(c4ccnc(N5CCCC5)n4)CC3)ccnc2c1. The Morgan fingerprint density at radius 3 is 2.52 bits per heavy atom. The molecule has 3 aromatic rings. The molecule has 2 aliphatic rings. The molecule has 8 heteroatoms. The van der Waals surface area contributed by atoms with Gasteiger partial charge in [-0.05, 0) is 43.2 Å². The maximum Gasteiger partial charge on any atom is 0.227 e. The zero-order chi connectivity index (χ0) is 21.0. The van der Waals surface area contributed by atoms with E-state index in [0.717, 1.165) is 80.7 Å². The number of rotatable bonds is 6. The van der Waals surface area contributed by atoms with Gasteiger partial charge in [-0.25, -0.2) is 4.98 Å². The van der Waals surface area contributed by atoms with Gasteiger partial charge in [-0.3, -0.25) is 9.88 Å². The molecule has 0 spiro atoms. The summed E-state index contributed by atoms with van der Waals surface area (Å²) in [6, 6.07) is 9.92. The first-order valence-electron chi connectivity index (χ1n) is 11.1. The molecule has 162 valence electrons. The molecule has 0 aliphatic carbocycles. The molecule has 5 rings (SSSR count). The Hall–Kier alpha value is -2.64. The Bertz CT molecular complexity index is 1030. The minimum absolute atomic E-state index is 0.714. The lowest BCUT2D eigenvalue weighted by atomic mass is 10.2. The first-order chi connectivity index (χ1) is 15.3. The molecule has 0 atom stereocenters. The minimum Gasteiger partial charge on any atom is -0.383 e. The van der Waals surface area contributed by atoms with Crippen molar-refractivity contribution in [3.63, 3.8) is 0 Å². The van der Waals surface area contributed by atoms with Crippen LogP contribution in [0.2, 0.25) is 5.02 Å². The van der Waals surface area contributed by atoms with Gasteiger partial charge in [-0.15, -0.1) is 0 Å². The number of pyridine rings is 1. The van der Waals surface area contributed by atoms with Crippen molar-refractivity contribution in [2.24, 2.45) is 0 Å². The number of halogens is 1. The number of benzene rings is 1. The summed E-state index contributed by atoms with van der Waals surface area (Å²) in [5.41, 5.74) is 2.03. The smallest absolute Gasteiger partial charge is 0.227 e. The Morgan fingerprint density at radius 2 is 1.68 bits per heavy atom. The van der Waals surface area contributed by atoms with E-state index < -0.39 is 0 Å². The summed E-state index contributed by atoms with van der Waals surface area (Å²) in [6.07, 6.45) is 6.21. The number of hydrogen-bond acceptors (Lipinski definition) is 7. The number of anilines is 3. The summed E-state index contributed by atoms with van der Waals surface area (Å²) < 4.78 is 0. The molecular weight excluding hydrogens is 410 g/mol. The number of nitrogens with one attached hydrogen (secondary N) is 1. The van der Waals surface area contributed by atoms with Crippen molar-refractivity contribution in [3.8, 4) is 0 Å². The molecule has 2 saturated heterocycles. The Balaban J connectivity index is 1.13. The van der Waals surface area contributed by atoms with Crippen molar-refractivity contribution in [3.05, 3.63) is 47.7 Å². The summed E-state index contributed by atoms with van der Waals surface area (Å²) in [7, 11) is 0. The van der Waals surface area contributed by atoms with Crippen LogP contribution in [0.25, 0.3) is 10.9 Å². The van der Waals surface area contributed by atoms with Crippen LogP contribution in [0.15, 0.2) is 42.7 Å². The van der Waals surface area contributed by atoms with Crippen molar-refractivity contribution in [1.29, 1.82) is 0 Å². The molecule has 0 bridgehead atoms. The zero-order valence-corrected chi connectivity index (χ0v) is 18.4. The molecule has 0 amide bonds. The third kappa shape index (κ3) is 4.67. The molecule has 31 heavy (non-hydrogen) atoms. The summed E-state index contributed by atoms with van der Waals surface area (Å²) in [5, 5.41) is 5.39. The largest absolute Gasteiger partial charge is 0.383 e. The molecule has 1 aromatic carbocycles. The van der Waals surface area contributed by atoms with Crippen LogP contribution in [0.3, 0.4) is 0 Å². The van der Waals surface area contributed by atoms with Crippen molar-refractivity contribution < 1.29 is 0 Å². The van der Waals surface area contributed by atoms with E-state index in [1.807, 2.05) is 42.7 Å². The molecule has 0 saturated carbocycles. The van der Waals surface area contributed by atoms with E-state index in [9.17, 15) is 0 Å². The predicted octanol–water partition coefficient (Wildman–Crippen LogP) is 3.51. The average molecular weight is 438 g/mol. The van der Waals surface area contributed by atoms with Crippen LogP contribution in [-0.2, 0) is 0 Å². The first-order valence-corrected chi connectivity index (χ1v) is 11.5. The molecule has 2 aromatic heterocycles. The van der Waals surface area contributed by atoms with Crippen LogP contribution in [0, 0.1) is 0 Å². The monoisotopic (exact) mass is 437 g/mol. The van der Waals surface area contributed by atoms with Gasteiger partial charge < -0.3 is 15.1 Å². The highest BCUT2D eigenvalue weighted by atomic mass is 35.5.